The Balaban J connectivity index is 1.44. The lowest BCUT2D eigenvalue weighted by Crippen LogP contribution is -2.35. The van der Waals surface area contributed by atoms with E-state index in [-0.39, 0.29) is 11.4 Å². The van der Waals surface area contributed by atoms with Crippen molar-refractivity contribution in [2.45, 2.75) is 27.2 Å². The van der Waals surface area contributed by atoms with Gasteiger partial charge in [-0.25, -0.2) is 0 Å². The Bertz CT molecular complexity index is 1220. The maximum absolute atomic E-state index is 12.5. The van der Waals surface area contributed by atoms with Gasteiger partial charge in [-0.2, -0.15) is 15.1 Å². The van der Waals surface area contributed by atoms with Gasteiger partial charge in [0.05, 0.1) is 12.7 Å². The topological polar surface area (TPSA) is 96.6 Å². The molecule has 0 fully saturated rings. The van der Waals surface area contributed by atoms with Gasteiger partial charge in [0.15, 0.2) is 17.3 Å². The lowest BCUT2D eigenvalue weighted by Gasteiger charge is -2.20. The summed E-state index contributed by atoms with van der Waals surface area (Å²) in [5.41, 5.74) is 3.15. The summed E-state index contributed by atoms with van der Waals surface area (Å²) in [6.07, 6.45) is 2.33. The molecule has 0 spiro atoms. The fourth-order valence-corrected chi connectivity index (χ4v) is 4.39. The SMILES string of the molecule is CCC1=NN2C(=N)/C(=C/c3ccc(OCCOc4cc(C)cc(C)c4)c(OC)c3)C(=O)N=C2S1. The van der Waals surface area contributed by atoms with Gasteiger partial charge >= 0.3 is 0 Å². The van der Waals surface area contributed by atoms with Crippen LogP contribution >= 0.6 is 11.8 Å². The number of amides is 1. The van der Waals surface area contributed by atoms with Gasteiger partial charge in [0.2, 0.25) is 5.17 Å². The lowest BCUT2D eigenvalue weighted by molar-refractivity contribution is -0.114. The molecule has 2 aliphatic heterocycles. The predicted octanol–water partition coefficient (Wildman–Crippen LogP) is 4.80. The van der Waals surface area contributed by atoms with Crippen LogP contribution in [0.5, 0.6) is 17.2 Å². The summed E-state index contributed by atoms with van der Waals surface area (Å²) in [6, 6.07) is 11.4. The van der Waals surface area contributed by atoms with Crippen molar-refractivity contribution in [3.05, 3.63) is 58.7 Å². The molecule has 34 heavy (non-hydrogen) atoms. The molecule has 0 aliphatic carbocycles. The normalized spacial score (nSPS) is 16.4. The molecule has 0 aromatic heterocycles. The number of ether oxygens (including phenoxy) is 3. The zero-order valence-electron chi connectivity index (χ0n) is 19.5. The quantitative estimate of drug-likeness (QED) is 0.432. The van der Waals surface area contributed by atoms with Gasteiger partial charge in [0, 0.05) is 0 Å². The zero-order chi connectivity index (χ0) is 24.2. The van der Waals surface area contributed by atoms with Crippen LogP contribution in [0.3, 0.4) is 0 Å². The number of aliphatic imine (C=N–C) groups is 1. The van der Waals surface area contributed by atoms with Gasteiger partial charge in [-0.15, -0.1) is 0 Å². The van der Waals surface area contributed by atoms with E-state index in [0.717, 1.165) is 28.3 Å². The Hall–Kier alpha value is -3.59. The molecule has 2 aliphatic rings. The first-order valence-electron chi connectivity index (χ1n) is 10.9. The molecule has 8 nitrogen and oxygen atoms in total. The maximum atomic E-state index is 12.5. The first kappa shape index (κ1) is 23.6. The average Bonchev–Trinajstić information content (AvgIpc) is 3.22. The van der Waals surface area contributed by atoms with E-state index in [9.17, 15) is 4.79 Å². The van der Waals surface area contributed by atoms with E-state index in [4.69, 9.17) is 19.6 Å². The van der Waals surface area contributed by atoms with Crippen LogP contribution in [0.2, 0.25) is 0 Å². The first-order valence-corrected chi connectivity index (χ1v) is 11.7. The Morgan fingerprint density at radius 2 is 1.79 bits per heavy atom. The van der Waals surface area contributed by atoms with Crippen molar-refractivity contribution >= 4 is 39.8 Å². The van der Waals surface area contributed by atoms with Gasteiger partial charge in [-0.1, -0.05) is 19.1 Å². The average molecular weight is 479 g/mol. The summed E-state index contributed by atoms with van der Waals surface area (Å²) in [6.45, 7) is 6.77. The van der Waals surface area contributed by atoms with E-state index in [1.165, 1.54) is 16.8 Å². The zero-order valence-corrected chi connectivity index (χ0v) is 20.4. The molecule has 176 valence electrons. The molecule has 1 N–H and O–H groups in total. The van der Waals surface area contributed by atoms with Crippen molar-refractivity contribution in [2.24, 2.45) is 10.1 Å². The van der Waals surface area contributed by atoms with Crippen LogP contribution in [-0.4, -0.2) is 47.3 Å². The Morgan fingerprint density at radius 3 is 2.50 bits per heavy atom. The number of methoxy groups -OCH3 is 1. The number of amidine groups is 2. The number of carbonyl (C=O) groups is 1. The highest BCUT2D eigenvalue weighted by Gasteiger charge is 2.35. The van der Waals surface area contributed by atoms with E-state index >= 15 is 0 Å². The van der Waals surface area contributed by atoms with E-state index in [1.54, 1.807) is 31.4 Å². The van der Waals surface area contributed by atoms with Gasteiger partial charge in [-0.3, -0.25) is 10.2 Å². The molecule has 0 radical (unpaired) electrons. The molecule has 0 atom stereocenters. The maximum Gasteiger partial charge on any atom is 0.283 e. The number of nitrogens with one attached hydrogen (secondary N) is 1. The largest absolute Gasteiger partial charge is 0.493 e. The molecular weight excluding hydrogens is 452 g/mol. The van der Waals surface area contributed by atoms with Crippen molar-refractivity contribution in [1.29, 1.82) is 5.41 Å². The second kappa shape index (κ2) is 10.1. The van der Waals surface area contributed by atoms with Gasteiger partial charge < -0.3 is 14.2 Å². The van der Waals surface area contributed by atoms with E-state index < -0.39 is 5.91 Å². The van der Waals surface area contributed by atoms with Crippen molar-refractivity contribution in [3.8, 4) is 17.2 Å². The second-order valence-electron chi connectivity index (χ2n) is 7.80. The number of aryl methyl sites for hydroxylation is 2. The summed E-state index contributed by atoms with van der Waals surface area (Å²) < 4.78 is 17.1. The number of nitrogens with zero attached hydrogens (tertiary/aromatic N) is 3. The molecule has 0 unspecified atom stereocenters. The van der Waals surface area contributed by atoms with Crippen molar-refractivity contribution in [2.75, 3.05) is 20.3 Å². The van der Waals surface area contributed by atoms with E-state index in [0.29, 0.717) is 35.4 Å². The van der Waals surface area contributed by atoms with Crippen molar-refractivity contribution in [1.82, 2.24) is 5.01 Å². The Morgan fingerprint density at radius 1 is 1.06 bits per heavy atom. The third-order valence-electron chi connectivity index (χ3n) is 5.10. The predicted molar refractivity (Wildman–Crippen MR) is 135 cm³/mol. The minimum Gasteiger partial charge on any atom is -0.493 e. The minimum absolute atomic E-state index is 0.00813. The lowest BCUT2D eigenvalue weighted by atomic mass is 10.1. The highest BCUT2D eigenvalue weighted by atomic mass is 32.2. The van der Waals surface area contributed by atoms with Crippen LogP contribution < -0.4 is 14.2 Å². The second-order valence-corrected chi connectivity index (χ2v) is 8.84. The summed E-state index contributed by atoms with van der Waals surface area (Å²) in [5.74, 6) is 1.44. The fourth-order valence-electron chi connectivity index (χ4n) is 3.56. The minimum atomic E-state index is -0.459. The highest BCUT2D eigenvalue weighted by Crippen LogP contribution is 2.32. The summed E-state index contributed by atoms with van der Waals surface area (Å²) in [4.78, 5) is 16.6. The number of carbonyl (C=O) groups excluding carboxylic acids is 1. The van der Waals surface area contributed by atoms with Crippen LogP contribution in [0, 0.1) is 19.3 Å². The van der Waals surface area contributed by atoms with Gasteiger partial charge in [0.25, 0.3) is 5.91 Å². The smallest absolute Gasteiger partial charge is 0.283 e. The van der Waals surface area contributed by atoms with Crippen molar-refractivity contribution in [3.63, 3.8) is 0 Å². The highest BCUT2D eigenvalue weighted by molar-refractivity contribution is 8.26. The number of hydrogen-bond donors (Lipinski definition) is 1. The number of hydrogen-bond acceptors (Lipinski definition) is 7. The molecule has 1 amide bonds. The standard InChI is InChI=1S/C25H26N4O4S/c1-5-22-28-29-23(26)19(24(30)27-25(29)34-22)13-17-6-7-20(21(14-17)31-4)33-9-8-32-18-11-15(2)10-16(3)12-18/h6-7,10-14,26H,5,8-9H2,1-4H3/b19-13-,26-23?. The first-order chi connectivity index (χ1) is 16.4. The summed E-state index contributed by atoms with van der Waals surface area (Å²) >= 11 is 1.32. The number of benzene rings is 2. The van der Waals surface area contributed by atoms with Gasteiger partial charge in [0.1, 0.15) is 24.0 Å². The number of thioether (sulfide) groups is 1. The van der Waals surface area contributed by atoms with Crippen LogP contribution in [0.1, 0.15) is 30.0 Å². The Labute approximate surface area is 202 Å². The van der Waals surface area contributed by atoms with Crippen LogP contribution in [0.4, 0.5) is 0 Å². The molecule has 4 rings (SSSR count). The summed E-state index contributed by atoms with van der Waals surface area (Å²) in [7, 11) is 1.55. The molecule has 2 aromatic rings. The molecule has 9 heteroatoms. The molecule has 2 aromatic carbocycles. The monoisotopic (exact) mass is 478 g/mol. The van der Waals surface area contributed by atoms with Gasteiger partial charge in [-0.05, 0) is 79.1 Å². The Kier molecular flexibility index (Phi) is 7.02. The van der Waals surface area contributed by atoms with E-state index in [2.05, 4.69) is 16.2 Å². The van der Waals surface area contributed by atoms with Crippen LogP contribution in [0.15, 0.2) is 52.1 Å². The third-order valence-corrected chi connectivity index (χ3v) is 6.16. The number of rotatable bonds is 8. The van der Waals surface area contributed by atoms with Crippen LogP contribution in [0.25, 0.3) is 6.08 Å². The number of hydrazone groups is 1. The fraction of sp³-hybridized carbons (Fsp3) is 0.280. The molecule has 0 saturated heterocycles. The van der Waals surface area contributed by atoms with E-state index in [1.807, 2.05) is 32.9 Å². The van der Waals surface area contributed by atoms with Crippen LogP contribution in [-0.2, 0) is 4.79 Å². The number of fused-ring (bicyclic) bond motifs is 1. The molecule has 0 saturated carbocycles. The third kappa shape index (κ3) is 5.14. The molecule has 2 heterocycles. The molecular formula is C25H26N4O4S. The summed E-state index contributed by atoms with van der Waals surface area (Å²) in [5, 5.41) is 15.4. The molecule has 0 bridgehead atoms. The van der Waals surface area contributed by atoms with Crippen molar-refractivity contribution < 1.29 is 19.0 Å².